The van der Waals surface area contributed by atoms with Gasteiger partial charge in [-0.25, -0.2) is 9.07 Å². The van der Waals surface area contributed by atoms with Crippen LogP contribution >= 0.6 is 0 Å². The Bertz CT molecular complexity index is 916. The highest BCUT2D eigenvalue weighted by atomic mass is 19.1. The smallest absolute Gasteiger partial charge is 0.278 e. The number of aromatic nitrogens is 2. The van der Waals surface area contributed by atoms with Gasteiger partial charge >= 0.3 is 0 Å². The highest BCUT2D eigenvalue weighted by molar-refractivity contribution is 5.95. The number of hydrogen-bond acceptors (Lipinski definition) is 3. The lowest BCUT2D eigenvalue weighted by Gasteiger charge is -2.14. The number of carbonyl (C=O) groups is 1. The topological polar surface area (TPSA) is 47.4 Å². The van der Waals surface area contributed by atoms with E-state index in [-0.39, 0.29) is 17.4 Å². The Morgan fingerprint density at radius 3 is 2.44 bits per heavy atom. The highest BCUT2D eigenvalue weighted by Gasteiger charge is 2.26. The SMILES string of the molecule is O=C(c1nn(-c2ccc(F)cc2)cc1OCc1ccccc1)N1CCCC1. The number of carbonyl (C=O) groups excluding carboxylic acids is 1. The minimum absolute atomic E-state index is 0.128. The van der Waals surface area contributed by atoms with Crippen LogP contribution in [0.2, 0.25) is 0 Å². The molecular weight excluding hydrogens is 345 g/mol. The minimum atomic E-state index is -0.320. The molecule has 0 spiro atoms. The summed E-state index contributed by atoms with van der Waals surface area (Å²) < 4.78 is 20.7. The first-order chi connectivity index (χ1) is 13.2. The van der Waals surface area contributed by atoms with Crippen LogP contribution < -0.4 is 4.74 Å². The zero-order valence-corrected chi connectivity index (χ0v) is 14.8. The molecule has 2 aromatic carbocycles. The summed E-state index contributed by atoms with van der Waals surface area (Å²) in [6.07, 6.45) is 3.69. The second-order valence-electron chi connectivity index (χ2n) is 6.54. The van der Waals surface area contributed by atoms with Gasteiger partial charge in [-0.05, 0) is 42.7 Å². The number of likely N-dealkylation sites (tertiary alicyclic amines) is 1. The fraction of sp³-hybridized carbons (Fsp3) is 0.238. The summed E-state index contributed by atoms with van der Waals surface area (Å²) in [7, 11) is 0. The number of hydrogen-bond donors (Lipinski definition) is 0. The third-order valence-corrected chi connectivity index (χ3v) is 4.60. The molecule has 1 amide bonds. The van der Waals surface area contributed by atoms with Crippen molar-refractivity contribution >= 4 is 5.91 Å². The van der Waals surface area contributed by atoms with Crippen molar-refractivity contribution in [1.82, 2.24) is 14.7 Å². The molecule has 1 fully saturated rings. The largest absolute Gasteiger partial charge is 0.485 e. The maximum absolute atomic E-state index is 13.2. The van der Waals surface area contributed by atoms with Crippen LogP contribution in [0.5, 0.6) is 5.75 Å². The number of nitrogens with zero attached hydrogens (tertiary/aromatic N) is 3. The molecular formula is C21H20FN3O2. The van der Waals surface area contributed by atoms with Gasteiger partial charge in [0.1, 0.15) is 12.4 Å². The first-order valence-corrected chi connectivity index (χ1v) is 9.02. The van der Waals surface area contributed by atoms with E-state index in [1.807, 2.05) is 30.3 Å². The van der Waals surface area contributed by atoms with Crippen molar-refractivity contribution in [3.63, 3.8) is 0 Å². The molecule has 4 rings (SSSR count). The highest BCUT2D eigenvalue weighted by Crippen LogP contribution is 2.24. The summed E-state index contributed by atoms with van der Waals surface area (Å²) in [5.74, 6) is -0.0173. The zero-order valence-electron chi connectivity index (χ0n) is 14.8. The third kappa shape index (κ3) is 3.84. The standard InChI is InChI=1S/C21H20FN3O2/c22-17-8-10-18(11-9-17)25-14-19(27-15-16-6-2-1-3-7-16)20(23-25)21(26)24-12-4-5-13-24/h1-3,6-11,14H,4-5,12-13,15H2. The van der Waals surface area contributed by atoms with Crippen molar-refractivity contribution in [3.8, 4) is 11.4 Å². The van der Waals surface area contributed by atoms with Gasteiger partial charge in [0.05, 0.1) is 11.9 Å². The van der Waals surface area contributed by atoms with Gasteiger partial charge in [0.15, 0.2) is 11.4 Å². The van der Waals surface area contributed by atoms with E-state index in [4.69, 9.17) is 4.74 Å². The molecule has 1 saturated heterocycles. The van der Waals surface area contributed by atoms with Gasteiger partial charge < -0.3 is 9.64 Å². The van der Waals surface area contributed by atoms with E-state index in [0.29, 0.717) is 18.0 Å². The molecule has 5 nitrogen and oxygen atoms in total. The number of benzene rings is 2. The Labute approximate surface area is 157 Å². The maximum atomic E-state index is 13.2. The molecule has 0 radical (unpaired) electrons. The average molecular weight is 365 g/mol. The normalized spacial score (nSPS) is 13.7. The van der Waals surface area contributed by atoms with Gasteiger partial charge in [-0.2, -0.15) is 5.10 Å². The van der Waals surface area contributed by atoms with Gasteiger partial charge in [-0.3, -0.25) is 4.79 Å². The van der Waals surface area contributed by atoms with Crippen LogP contribution in [-0.4, -0.2) is 33.7 Å². The van der Waals surface area contributed by atoms with E-state index in [9.17, 15) is 9.18 Å². The Morgan fingerprint density at radius 2 is 1.74 bits per heavy atom. The van der Waals surface area contributed by atoms with E-state index in [1.165, 1.54) is 12.1 Å². The average Bonchev–Trinajstić information content (AvgIpc) is 3.37. The van der Waals surface area contributed by atoms with Gasteiger partial charge in [0.2, 0.25) is 0 Å². The molecule has 0 saturated carbocycles. The second-order valence-corrected chi connectivity index (χ2v) is 6.54. The van der Waals surface area contributed by atoms with Crippen LogP contribution in [0.3, 0.4) is 0 Å². The number of amides is 1. The molecule has 0 N–H and O–H groups in total. The first kappa shape index (κ1) is 17.3. The fourth-order valence-electron chi connectivity index (χ4n) is 3.14. The molecule has 138 valence electrons. The van der Waals surface area contributed by atoms with Crippen LogP contribution in [0, 0.1) is 5.82 Å². The summed E-state index contributed by atoms with van der Waals surface area (Å²) >= 11 is 0. The molecule has 0 unspecified atom stereocenters. The van der Waals surface area contributed by atoms with Crippen molar-refractivity contribution in [2.45, 2.75) is 19.4 Å². The summed E-state index contributed by atoms with van der Waals surface area (Å²) in [5, 5.41) is 4.44. The van der Waals surface area contributed by atoms with Gasteiger partial charge in [-0.1, -0.05) is 30.3 Å². The quantitative estimate of drug-likeness (QED) is 0.690. The zero-order chi connectivity index (χ0) is 18.6. The van der Waals surface area contributed by atoms with Crippen molar-refractivity contribution in [1.29, 1.82) is 0 Å². The molecule has 27 heavy (non-hydrogen) atoms. The predicted octanol–water partition coefficient (Wildman–Crippen LogP) is 3.83. The monoisotopic (exact) mass is 365 g/mol. The van der Waals surface area contributed by atoms with Gasteiger partial charge in [0, 0.05) is 13.1 Å². The van der Waals surface area contributed by atoms with Crippen LogP contribution in [0.25, 0.3) is 5.69 Å². The molecule has 0 aliphatic carbocycles. The first-order valence-electron chi connectivity index (χ1n) is 9.02. The lowest BCUT2D eigenvalue weighted by molar-refractivity contribution is 0.0781. The lowest BCUT2D eigenvalue weighted by Crippen LogP contribution is -2.28. The van der Waals surface area contributed by atoms with Crippen molar-refractivity contribution in [2.24, 2.45) is 0 Å². The Hall–Kier alpha value is -3.15. The fourth-order valence-corrected chi connectivity index (χ4v) is 3.14. The van der Waals surface area contributed by atoms with Crippen molar-refractivity contribution < 1.29 is 13.9 Å². The molecule has 3 aromatic rings. The molecule has 2 heterocycles. The summed E-state index contributed by atoms with van der Waals surface area (Å²) in [5.41, 5.74) is 1.96. The number of ether oxygens (including phenoxy) is 1. The van der Waals surface area contributed by atoms with E-state index in [2.05, 4.69) is 5.10 Å². The molecule has 1 aromatic heterocycles. The molecule has 0 atom stereocenters. The summed E-state index contributed by atoms with van der Waals surface area (Å²) in [6.45, 7) is 1.82. The lowest BCUT2D eigenvalue weighted by atomic mass is 10.2. The summed E-state index contributed by atoms with van der Waals surface area (Å²) in [4.78, 5) is 14.7. The van der Waals surface area contributed by atoms with Gasteiger partial charge in [0.25, 0.3) is 5.91 Å². The second kappa shape index (κ2) is 7.61. The Kier molecular flexibility index (Phi) is 4.87. The van der Waals surface area contributed by atoms with Crippen molar-refractivity contribution in [3.05, 3.63) is 77.9 Å². The van der Waals surface area contributed by atoms with Crippen LogP contribution in [0.1, 0.15) is 28.9 Å². The minimum Gasteiger partial charge on any atom is -0.485 e. The third-order valence-electron chi connectivity index (χ3n) is 4.60. The van der Waals surface area contributed by atoms with Gasteiger partial charge in [-0.15, -0.1) is 0 Å². The maximum Gasteiger partial charge on any atom is 0.278 e. The number of halogens is 1. The van der Waals surface area contributed by atoms with Crippen LogP contribution in [0.15, 0.2) is 60.8 Å². The predicted molar refractivity (Wildman–Crippen MR) is 99.4 cm³/mol. The van der Waals surface area contributed by atoms with E-state index in [1.54, 1.807) is 27.9 Å². The Balaban J connectivity index is 1.63. The number of rotatable bonds is 5. The molecule has 1 aliphatic heterocycles. The molecule has 6 heteroatoms. The summed E-state index contributed by atoms with van der Waals surface area (Å²) in [6, 6.07) is 15.7. The van der Waals surface area contributed by atoms with E-state index < -0.39 is 0 Å². The molecule has 1 aliphatic rings. The Morgan fingerprint density at radius 1 is 1.04 bits per heavy atom. The molecule has 0 bridgehead atoms. The van der Waals surface area contributed by atoms with Crippen LogP contribution in [-0.2, 0) is 6.61 Å². The van der Waals surface area contributed by atoms with E-state index in [0.717, 1.165) is 31.5 Å². The van der Waals surface area contributed by atoms with E-state index >= 15 is 0 Å². The van der Waals surface area contributed by atoms with Crippen LogP contribution in [0.4, 0.5) is 4.39 Å². The van der Waals surface area contributed by atoms with Crippen molar-refractivity contribution in [2.75, 3.05) is 13.1 Å².